The van der Waals surface area contributed by atoms with E-state index in [0.29, 0.717) is 0 Å². The summed E-state index contributed by atoms with van der Waals surface area (Å²) in [4.78, 5) is 17.2. The predicted molar refractivity (Wildman–Crippen MR) is 77.2 cm³/mol. The largest absolute Gasteiger partial charge is 0.451 e. The highest BCUT2D eigenvalue weighted by Crippen LogP contribution is 2.41. The molecule has 0 radical (unpaired) electrons. The van der Waals surface area contributed by atoms with Crippen molar-refractivity contribution in [1.29, 1.82) is 0 Å². The molecule has 4 rings (SSSR count). The van der Waals surface area contributed by atoms with E-state index in [1.807, 2.05) is 30.3 Å². The van der Waals surface area contributed by atoms with Gasteiger partial charge in [0.05, 0.1) is 0 Å². The number of benzene rings is 1. The molecule has 23 heavy (non-hydrogen) atoms. The Hall–Kier alpha value is -1.96. The molecule has 4 atom stereocenters. The minimum absolute atomic E-state index is 0.116. The molecule has 7 nitrogen and oxygen atoms in total. The molecule has 3 aliphatic heterocycles. The fourth-order valence-corrected chi connectivity index (χ4v) is 2.97. The van der Waals surface area contributed by atoms with Gasteiger partial charge in [-0.1, -0.05) is 35.5 Å². The molecular formula is C16H17NO6. The highest BCUT2D eigenvalue weighted by atomic mass is 16.8. The van der Waals surface area contributed by atoms with E-state index < -0.39 is 36.4 Å². The van der Waals surface area contributed by atoms with Gasteiger partial charge in [-0.25, -0.2) is 4.79 Å². The van der Waals surface area contributed by atoms with Gasteiger partial charge in [0, 0.05) is 0 Å². The van der Waals surface area contributed by atoms with Crippen molar-refractivity contribution in [3.8, 4) is 0 Å². The summed E-state index contributed by atoms with van der Waals surface area (Å²) in [6.07, 6.45) is -2.18. The number of carbonyl (C=O) groups excluding carboxylic acids is 1. The quantitative estimate of drug-likeness (QED) is 0.618. The van der Waals surface area contributed by atoms with Crippen LogP contribution in [0.15, 0.2) is 35.5 Å². The monoisotopic (exact) mass is 319 g/mol. The lowest BCUT2D eigenvalue weighted by Crippen LogP contribution is -2.34. The van der Waals surface area contributed by atoms with E-state index in [-0.39, 0.29) is 12.3 Å². The van der Waals surface area contributed by atoms with Crippen LogP contribution in [0.1, 0.15) is 19.4 Å². The number of hydrogen-bond acceptors (Lipinski definition) is 7. The Morgan fingerprint density at radius 2 is 1.96 bits per heavy atom. The van der Waals surface area contributed by atoms with Crippen LogP contribution in [0.4, 0.5) is 0 Å². The van der Waals surface area contributed by atoms with Gasteiger partial charge >= 0.3 is 5.97 Å². The zero-order valence-corrected chi connectivity index (χ0v) is 12.8. The molecule has 0 bridgehead atoms. The van der Waals surface area contributed by atoms with Crippen molar-refractivity contribution in [2.75, 3.05) is 0 Å². The Morgan fingerprint density at radius 3 is 2.74 bits per heavy atom. The fraction of sp³-hybridized carbons (Fsp3) is 0.500. The number of carbonyl (C=O) groups is 1. The number of oxime groups is 1. The van der Waals surface area contributed by atoms with E-state index in [1.54, 1.807) is 13.8 Å². The van der Waals surface area contributed by atoms with Gasteiger partial charge < -0.3 is 23.8 Å². The van der Waals surface area contributed by atoms with Gasteiger partial charge in [0.25, 0.3) is 0 Å². The van der Waals surface area contributed by atoms with E-state index >= 15 is 0 Å². The van der Waals surface area contributed by atoms with Gasteiger partial charge in [-0.3, -0.25) is 0 Å². The average Bonchev–Trinajstić information content (AvgIpc) is 3.08. The van der Waals surface area contributed by atoms with Crippen molar-refractivity contribution in [3.63, 3.8) is 0 Å². The third kappa shape index (κ3) is 2.60. The van der Waals surface area contributed by atoms with Crippen molar-refractivity contribution < 1.29 is 28.6 Å². The van der Waals surface area contributed by atoms with Crippen LogP contribution in [-0.4, -0.2) is 42.1 Å². The molecule has 1 aromatic carbocycles. The zero-order chi connectivity index (χ0) is 16.0. The number of esters is 1. The maximum Gasteiger partial charge on any atom is 0.359 e. The second kappa shape index (κ2) is 5.30. The Labute approximate surface area is 133 Å². The van der Waals surface area contributed by atoms with Crippen molar-refractivity contribution in [3.05, 3.63) is 35.9 Å². The molecule has 3 heterocycles. The third-order valence-electron chi connectivity index (χ3n) is 3.95. The summed E-state index contributed by atoms with van der Waals surface area (Å²) in [6.45, 7) is 3.85. The Bertz CT molecular complexity index is 643. The van der Waals surface area contributed by atoms with Gasteiger partial charge in [-0.2, -0.15) is 0 Å². The van der Waals surface area contributed by atoms with Crippen molar-refractivity contribution in [2.24, 2.45) is 5.16 Å². The third-order valence-corrected chi connectivity index (χ3v) is 3.95. The van der Waals surface area contributed by atoms with Crippen LogP contribution in [0.5, 0.6) is 0 Å². The molecule has 0 saturated carbocycles. The van der Waals surface area contributed by atoms with Crippen LogP contribution in [0.2, 0.25) is 0 Å². The number of nitrogens with zero attached hydrogens (tertiary/aromatic N) is 1. The number of rotatable bonds is 3. The summed E-state index contributed by atoms with van der Waals surface area (Å²) >= 11 is 0. The first-order valence-corrected chi connectivity index (χ1v) is 7.49. The number of fused-ring (bicyclic) bond motifs is 3. The molecular weight excluding hydrogens is 302 g/mol. The van der Waals surface area contributed by atoms with Gasteiger partial charge in [0.1, 0.15) is 6.61 Å². The van der Waals surface area contributed by atoms with E-state index in [2.05, 4.69) is 5.16 Å². The second-order valence-corrected chi connectivity index (χ2v) is 6.13. The van der Waals surface area contributed by atoms with E-state index in [9.17, 15) is 4.79 Å². The topological polar surface area (TPSA) is 75.6 Å². The predicted octanol–water partition coefficient (Wildman–Crippen LogP) is 1.36. The molecule has 3 fully saturated rings. The Morgan fingerprint density at radius 1 is 1.17 bits per heavy atom. The van der Waals surface area contributed by atoms with Gasteiger partial charge in [0.15, 0.2) is 36.1 Å². The summed E-state index contributed by atoms with van der Waals surface area (Å²) in [5.41, 5.74) is 1.07. The molecule has 0 amide bonds. The molecule has 0 aliphatic carbocycles. The van der Waals surface area contributed by atoms with Crippen LogP contribution in [0.3, 0.4) is 0 Å². The van der Waals surface area contributed by atoms with Crippen molar-refractivity contribution in [1.82, 2.24) is 0 Å². The van der Waals surface area contributed by atoms with Gasteiger partial charge in [-0.15, -0.1) is 0 Å². The molecule has 0 aromatic heterocycles. The summed E-state index contributed by atoms with van der Waals surface area (Å²) in [5.74, 6) is -1.30. The number of hydrogen-bond donors (Lipinski definition) is 0. The summed E-state index contributed by atoms with van der Waals surface area (Å²) < 4.78 is 22.4. The molecule has 122 valence electrons. The molecule has 1 aromatic rings. The fourth-order valence-electron chi connectivity index (χ4n) is 2.97. The van der Waals surface area contributed by atoms with Crippen molar-refractivity contribution >= 4 is 11.7 Å². The zero-order valence-electron chi connectivity index (χ0n) is 12.8. The first-order valence-electron chi connectivity index (χ1n) is 7.49. The summed E-state index contributed by atoms with van der Waals surface area (Å²) in [5, 5.41) is 3.91. The lowest BCUT2D eigenvalue weighted by molar-refractivity contribution is -0.205. The van der Waals surface area contributed by atoms with Crippen LogP contribution in [-0.2, 0) is 35.2 Å². The Balaban J connectivity index is 1.45. The minimum Gasteiger partial charge on any atom is -0.451 e. The minimum atomic E-state index is -0.754. The smallest absolute Gasteiger partial charge is 0.359 e. The molecule has 7 heteroatoms. The van der Waals surface area contributed by atoms with Crippen LogP contribution in [0.25, 0.3) is 0 Å². The van der Waals surface area contributed by atoms with E-state index in [0.717, 1.165) is 5.56 Å². The van der Waals surface area contributed by atoms with E-state index in [4.69, 9.17) is 23.8 Å². The Kier molecular flexibility index (Phi) is 3.37. The average molecular weight is 319 g/mol. The lowest BCUT2D eigenvalue weighted by Gasteiger charge is -2.20. The normalized spacial score (nSPS) is 35.9. The van der Waals surface area contributed by atoms with Crippen LogP contribution < -0.4 is 0 Å². The maximum atomic E-state index is 12.0. The highest BCUT2D eigenvalue weighted by molar-refractivity contribution is 6.40. The van der Waals surface area contributed by atoms with Gasteiger partial charge in [0.2, 0.25) is 0 Å². The molecule has 0 spiro atoms. The standard InChI is InChI=1S/C16H17NO6/c1-16(2)22-13-12-11(21-15(13)23-16)10(14(18)20-12)17-19-8-9-6-4-3-5-7-9/h3-7,11-13,15H,8H2,1-2H3/b17-10-/t11-,12+,13-,15-/m1/s1. The number of ether oxygens (including phenoxy) is 4. The maximum absolute atomic E-state index is 12.0. The van der Waals surface area contributed by atoms with Gasteiger partial charge in [-0.05, 0) is 19.4 Å². The first kappa shape index (κ1) is 14.6. The first-order chi connectivity index (χ1) is 11.0. The molecule has 0 unspecified atom stereocenters. The summed E-state index contributed by atoms with van der Waals surface area (Å²) in [6, 6.07) is 9.56. The van der Waals surface area contributed by atoms with Crippen molar-refractivity contribution in [2.45, 2.75) is 50.8 Å². The molecule has 0 N–H and O–H groups in total. The van der Waals surface area contributed by atoms with Crippen LogP contribution in [0, 0.1) is 0 Å². The second-order valence-electron chi connectivity index (χ2n) is 6.13. The van der Waals surface area contributed by atoms with E-state index in [1.165, 1.54) is 0 Å². The van der Waals surface area contributed by atoms with Crippen LogP contribution >= 0.6 is 0 Å². The SMILES string of the molecule is CC1(C)O[C@H]2O[C@@H]3/C(=N/OCc4ccccc4)C(=O)O[C@@H]3[C@H]2O1. The molecule has 3 aliphatic rings. The highest BCUT2D eigenvalue weighted by Gasteiger charge is 2.62. The lowest BCUT2D eigenvalue weighted by atomic mass is 10.1. The summed E-state index contributed by atoms with van der Waals surface area (Å²) in [7, 11) is 0. The molecule has 3 saturated heterocycles.